The number of piperazine rings is 1. The van der Waals surface area contributed by atoms with Crippen molar-refractivity contribution in [2.75, 3.05) is 39.8 Å². The van der Waals surface area contributed by atoms with Crippen molar-refractivity contribution in [1.29, 1.82) is 0 Å². The quantitative estimate of drug-likeness (QED) is 0.872. The van der Waals surface area contributed by atoms with Crippen molar-refractivity contribution in [3.05, 3.63) is 36.2 Å². The summed E-state index contributed by atoms with van der Waals surface area (Å²) >= 11 is 0. The fraction of sp³-hybridized carbons (Fsp3) is 0.375. The number of amides is 2. The summed E-state index contributed by atoms with van der Waals surface area (Å²) in [6.45, 7) is 3.05. The van der Waals surface area contributed by atoms with Crippen molar-refractivity contribution >= 4 is 22.8 Å². The Bertz CT molecular complexity index is 727. The zero-order valence-electron chi connectivity index (χ0n) is 13.0. The highest BCUT2D eigenvalue weighted by atomic mass is 16.2. The molecule has 7 nitrogen and oxygen atoms in total. The molecule has 0 aliphatic carbocycles. The highest BCUT2D eigenvalue weighted by Gasteiger charge is 2.21. The van der Waals surface area contributed by atoms with Gasteiger partial charge < -0.3 is 15.1 Å². The molecule has 0 radical (unpaired) electrons. The molecule has 0 unspecified atom stereocenters. The minimum absolute atomic E-state index is 0.0251. The number of rotatable bonds is 3. The molecule has 2 amide bonds. The molecule has 3 rings (SSSR count). The van der Waals surface area contributed by atoms with Crippen LogP contribution in [0.25, 0.3) is 11.0 Å². The van der Waals surface area contributed by atoms with Gasteiger partial charge in [-0.05, 0) is 18.2 Å². The van der Waals surface area contributed by atoms with Gasteiger partial charge in [0, 0.05) is 51.2 Å². The van der Waals surface area contributed by atoms with Crippen molar-refractivity contribution in [2.45, 2.75) is 0 Å². The van der Waals surface area contributed by atoms with Gasteiger partial charge in [0.25, 0.3) is 5.91 Å². The predicted octanol–water partition coefficient (Wildman–Crippen LogP) is 0.134. The molecule has 1 aromatic heterocycles. The Hall–Kier alpha value is -2.54. The predicted molar refractivity (Wildman–Crippen MR) is 85.9 cm³/mol. The largest absolute Gasteiger partial charge is 0.339 e. The van der Waals surface area contributed by atoms with E-state index in [0.717, 1.165) is 18.6 Å². The zero-order chi connectivity index (χ0) is 16.2. The van der Waals surface area contributed by atoms with Crippen molar-refractivity contribution in [3.63, 3.8) is 0 Å². The Morgan fingerprint density at radius 2 is 1.87 bits per heavy atom. The molecule has 120 valence electrons. The summed E-state index contributed by atoms with van der Waals surface area (Å²) in [5.74, 6) is -0.219. The Morgan fingerprint density at radius 1 is 1.17 bits per heavy atom. The first kappa shape index (κ1) is 15.4. The van der Waals surface area contributed by atoms with Crippen LogP contribution in [-0.2, 0) is 4.79 Å². The van der Waals surface area contributed by atoms with Gasteiger partial charge in [0.05, 0.1) is 17.6 Å². The first-order valence-corrected chi connectivity index (χ1v) is 7.60. The molecular formula is C16H19N5O2. The summed E-state index contributed by atoms with van der Waals surface area (Å²) in [7, 11) is 1.64. The molecule has 0 atom stereocenters. The van der Waals surface area contributed by atoms with E-state index in [1.54, 1.807) is 42.5 Å². The van der Waals surface area contributed by atoms with Crippen molar-refractivity contribution in [3.8, 4) is 0 Å². The Morgan fingerprint density at radius 3 is 2.61 bits per heavy atom. The molecule has 2 aromatic rings. The molecule has 1 saturated heterocycles. The zero-order valence-corrected chi connectivity index (χ0v) is 13.0. The minimum Gasteiger partial charge on any atom is -0.339 e. The van der Waals surface area contributed by atoms with Gasteiger partial charge in [-0.1, -0.05) is 0 Å². The first-order valence-electron chi connectivity index (χ1n) is 7.60. The van der Waals surface area contributed by atoms with Gasteiger partial charge >= 0.3 is 0 Å². The Balaban J connectivity index is 1.69. The molecule has 2 heterocycles. The molecule has 7 heteroatoms. The normalized spacial score (nSPS) is 14.7. The third-order valence-corrected chi connectivity index (χ3v) is 3.91. The average Bonchev–Trinajstić information content (AvgIpc) is 2.61. The number of nitrogens with zero attached hydrogens (tertiary/aromatic N) is 4. The van der Waals surface area contributed by atoms with Gasteiger partial charge in [-0.3, -0.25) is 19.6 Å². The van der Waals surface area contributed by atoms with Crippen LogP contribution in [0.1, 0.15) is 10.4 Å². The first-order chi connectivity index (χ1) is 11.1. The van der Waals surface area contributed by atoms with E-state index in [9.17, 15) is 9.59 Å². The number of benzene rings is 1. The van der Waals surface area contributed by atoms with Crippen LogP contribution < -0.4 is 5.32 Å². The minimum atomic E-state index is -0.193. The van der Waals surface area contributed by atoms with E-state index in [1.165, 1.54) is 4.90 Å². The number of carbonyl (C=O) groups is 2. The highest BCUT2D eigenvalue weighted by Crippen LogP contribution is 2.12. The van der Waals surface area contributed by atoms with Crippen LogP contribution in [0.2, 0.25) is 0 Å². The standard InChI is InChI=1S/C16H19N5O2/c1-20(11-15(22)21-8-6-17-7-9-21)16(23)12-2-3-13-14(10-12)19-5-4-18-13/h2-5,10,17H,6-9,11H2,1H3. The van der Waals surface area contributed by atoms with Gasteiger partial charge in [0.2, 0.25) is 5.91 Å². The van der Waals surface area contributed by atoms with E-state index in [-0.39, 0.29) is 18.4 Å². The molecule has 23 heavy (non-hydrogen) atoms. The molecule has 1 aromatic carbocycles. The average molecular weight is 313 g/mol. The lowest BCUT2D eigenvalue weighted by molar-refractivity contribution is -0.132. The SMILES string of the molecule is CN(CC(=O)N1CCNCC1)C(=O)c1ccc2nccnc2c1. The summed E-state index contributed by atoms with van der Waals surface area (Å²) < 4.78 is 0. The molecule has 1 aliphatic heterocycles. The van der Waals surface area contributed by atoms with Crippen LogP contribution in [0.3, 0.4) is 0 Å². The highest BCUT2D eigenvalue weighted by molar-refractivity contribution is 5.98. The lowest BCUT2D eigenvalue weighted by Gasteiger charge is -2.29. The fourth-order valence-electron chi connectivity index (χ4n) is 2.61. The van der Waals surface area contributed by atoms with Crippen LogP contribution in [0.4, 0.5) is 0 Å². The molecule has 0 bridgehead atoms. The number of aromatic nitrogens is 2. The van der Waals surface area contributed by atoms with E-state index in [4.69, 9.17) is 0 Å². The van der Waals surface area contributed by atoms with Crippen molar-refractivity contribution in [2.24, 2.45) is 0 Å². The maximum Gasteiger partial charge on any atom is 0.254 e. The third-order valence-electron chi connectivity index (χ3n) is 3.91. The van der Waals surface area contributed by atoms with Crippen LogP contribution >= 0.6 is 0 Å². The second-order valence-corrected chi connectivity index (χ2v) is 5.55. The number of carbonyl (C=O) groups excluding carboxylic acids is 2. The number of hydrogen-bond donors (Lipinski definition) is 1. The fourth-order valence-corrected chi connectivity index (χ4v) is 2.61. The second-order valence-electron chi connectivity index (χ2n) is 5.55. The lowest BCUT2D eigenvalue weighted by Crippen LogP contribution is -2.49. The van der Waals surface area contributed by atoms with E-state index in [2.05, 4.69) is 15.3 Å². The van der Waals surface area contributed by atoms with E-state index >= 15 is 0 Å². The summed E-state index contributed by atoms with van der Waals surface area (Å²) in [6, 6.07) is 5.18. The maximum atomic E-state index is 12.5. The Kier molecular flexibility index (Phi) is 4.47. The van der Waals surface area contributed by atoms with Gasteiger partial charge in [0.15, 0.2) is 0 Å². The van der Waals surface area contributed by atoms with Crippen LogP contribution in [0.15, 0.2) is 30.6 Å². The summed E-state index contributed by atoms with van der Waals surface area (Å²) in [5.41, 5.74) is 1.91. The topological polar surface area (TPSA) is 78.4 Å². The molecule has 1 fully saturated rings. The van der Waals surface area contributed by atoms with Gasteiger partial charge in [0.1, 0.15) is 0 Å². The van der Waals surface area contributed by atoms with Crippen LogP contribution in [-0.4, -0.2) is 71.4 Å². The van der Waals surface area contributed by atoms with E-state index in [0.29, 0.717) is 24.2 Å². The summed E-state index contributed by atoms with van der Waals surface area (Å²) in [5, 5.41) is 3.20. The number of fused-ring (bicyclic) bond motifs is 1. The molecule has 1 aliphatic rings. The van der Waals surface area contributed by atoms with E-state index < -0.39 is 0 Å². The van der Waals surface area contributed by atoms with Crippen molar-refractivity contribution in [1.82, 2.24) is 25.1 Å². The number of hydrogen-bond acceptors (Lipinski definition) is 5. The number of nitrogens with one attached hydrogen (secondary N) is 1. The van der Waals surface area contributed by atoms with Crippen LogP contribution in [0.5, 0.6) is 0 Å². The third kappa shape index (κ3) is 3.45. The summed E-state index contributed by atoms with van der Waals surface area (Å²) in [4.78, 5) is 36.4. The van der Waals surface area contributed by atoms with Gasteiger partial charge in [-0.25, -0.2) is 0 Å². The lowest BCUT2D eigenvalue weighted by atomic mass is 10.1. The molecule has 1 N–H and O–H groups in total. The van der Waals surface area contributed by atoms with E-state index in [1.807, 2.05) is 0 Å². The molecule has 0 spiro atoms. The number of likely N-dealkylation sites (N-methyl/N-ethyl adjacent to an activating group) is 1. The Labute approximate surface area is 134 Å². The van der Waals surface area contributed by atoms with Crippen LogP contribution in [0, 0.1) is 0 Å². The van der Waals surface area contributed by atoms with Crippen molar-refractivity contribution < 1.29 is 9.59 Å². The van der Waals surface area contributed by atoms with Gasteiger partial charge in [-0.15, -0.1) is 0 Å². The molecular weight excluding hydrogens is 294 g/mol. The molecule has 0 saturated carbocycles. The summed E-state index contributed by atoms with van der Waals surface area (Å²) in [6.07, 6.45) is 3.20. The smallest absolute Gasteiger partial charge is 0.254 e. The second kappa shape index (κ2) is 6.70. The van der Waals surface area contributed by atoms with Gasteiger partial charge in [-0.2, -0.15) is 0 Å². The monoisotopic (exact) mass is 313 g/mol. The maximum absolute atomic E-state index is 12.5.